The Labute approximate surface area is 140 Å². The molecule has 22 heavy (non-hydrogen) atoms. The minimum Gasteiger partial charge on any atom is -0.484 e. The molecule has 0 unspecified atom stereocenters. The standard InChI is InChI=1S/C18H20BrNO2/c1-4-14-5-8-16(9-6-14)22-12-18(21)20(3)17-10-7-15(19)11-13(17)2/h5-11H,4,12H2,1-3H3. The van der Waals surface area contributed by atoms with Crippen LogP contribution < -0.4 is 9.64 Å². The van der Waals surface area contributed by atoms with E-state index >= 15 is 0 Å². The average molecular weight is 362 g/mol. The van der Waals surface area contributed by atoms with Gasteiger partial charge in [-0.3, -0.25) is 4.79 Å². The van der Waals surface area contributed by atoms with Crippen molar-refractivity contribution < 1.29 is 9.53 Å². The fraction of sp³-hybridized carbons (Fsp3) is 0.278. The first kappa shape index (κ1) is 16.6. The molecule has 2 aromatic carbocycles. The number of amides is 1. The van der Waals surface area contributed by atoms with Crippen LogP contribution >= 0.6 is 15.9 Å². The smallest absolute Gasteiger partial charge is 0.264 e. The molecule has 116 valence electrons. The Hall–Kier alpha value is -1.81. The third kappa shape index (κ3) is 4.10. The summed E-state index contributed by atoms with van der Waals surface area (Å²) in [6.45, 7) is 4.11. The van der Waals surface area contributed by atoms with Crippen LogP contribution in [0.4, 0.5) is 5.69 Å². The predicted molar refractivity (Wildman–Crippen MR) is 93.6 cm³/mol. The highest BCUT2D eigenvalue weighted by Gasteiger charge is 2.13. The number of carbonyl (C=O) groups is 1. The SMILES string of the molecule is CCc1ccc(OCC(=O)N(C)c2ccc(Br)cc2C)cc1. The van der Waals surface area contributed by atoms with Gasteiger partial charge in [0.15, 0.2) is 6.61 Å². The molecule has 0 heterocycles. The molecule has 3 nitrogen and oxygen atoms in total. The van der Waals surface area contributed by atoms with E-state index in [0.717, 1.165) is 22.1 Å². The van der Waals surface area contributed by atoms with E-state index in [1.807, 2.05) is 49.4 Å². The molecule has 4 heteroatoms. The lowest BCUT2D eigenvalue weighted by Gasteiger charge is -2.20. The van der Waals surface area contributed by atoms with Crippen LogP contribution in [-0.4, -0.2) is 19.6 Å². The van der Waals surface area contributed by atoms with Crippen molar-refractivity contribution in [3.8, 4) is 5.75 Å². The first-order chi connectivity index (χ1) is 10.5. The van der Waals surface area contributed by atoms with Crippen molar-refractivity contribution in [2.45, 2.75) is 20.3 Å². The van der Waals surface area contributed by atoms with Crippen molar-refractivity contribution in [3.63, 3.8) is 0 Å². The second-order valence-electron chi connectivity index (χ2n) is 5.17. The summed E-state index contributed by atoms with van der Waals surface area (Å²) in [5, 5.41) is 0. The molecule has 0 radical (unpaired) electrons. The van der Waals surface area contributed by atoms with Gasteiger partial charge in [0.05, 0.1) is 0 Å². The van der Waals surface area contributed by atoms with Gasteiger partial charge in [0.1, 0.15) is 5.75 Å². The fourth-order valence-electron chi connectivity index (χ4n) is 2.19. The summed E-state index contributed by atoms with van der Waals surface area (Å²) in [6, 6.07) is 13.7. The summed E-state index contributed by atoms with van der Waals surface area (Å²) in [7, 11) is 1.77. The molecule has 2 rings (SSSR count). The van der Waals surface area contributed by atoms with Gasteiger partial charge in [-0.25, -0.2) is 0 Å². The van der Waals surface area contributed by atoms with Crippen LogP contribution in [0.1, 0.15) is 18.1 Å². The van der Waals surface area contributed by atoms with Gasteiger partial charge in [0.25, 0.3) is 5.91 Å². The van der Waals surface area contributed by atoms with E-state index in [-0.39, 0.29) is 12.5 Å². The Morgan fingerprint density at radius 3 is 2.45 bits per heavy atom. The monoisotopic (exact) mass is 361 g/mol. The summed E-state index contributed by atoms with van der Waals surface area (Å²) < 4.78 is 6.57. The number of aryl methyl sites for hydroxylation is 2. The topological polar surface area (TPSA) is 29.5 Å². The van der Waals surface area contributed by atoms with Gasteiger partial charge < -0.3 is 9.64 Å². The van der Waals surface area contributed by atoms with Gasteiger partial charge in [0.2, 0.25) is 0 Å². The number of nitrogens with zero attached hydrogens (tertiary/aromatic N) is 1. The molecule has 0 atom stereocenters. The van der Waals surface area contributed by atoms with Gasteiger partial charge in [-0.1, -0.05) is 35.0 Å². The molecular formula is C18H20BrNO2. The lowest BCUT2D eigenvalue weighted by molar-refractivity contribution is -0.120. The number of anilines is 1. The highest BCUT2D eigenvalue weighted by molar-refractivity contribution is 9.10. The molecule has 2 aromatic rings. The van der Waals surface area contributed by atoms with Crippen molar-refractivity contribution >= 4 is 27.5 Å². The van der Waals surface area contributed by atoms with Gasteiger partial charge in [-0.2, -0.15) is 0 Å². The molecule has 0 spiro atoms. The summed E-state index contributed by atoms with van der Waals surface area (Å²) in [5.74, 6) is 0.636. The molecular weight excluding hydrogens is 342 g/mol. The fourth-order valence-corrected chi connectivity index (χ4v) is 2.67. The zero-order chi connectivity index (χ0) is 16.1. The minimum atomic E-state index is -0.0787. The number of likely N-dealkylation sites (N-methyl/N-ethyl adjacent to an activating group) is 1. The first-order valence-electron chi connectivity index (χ1n) is 7.25. The Balaban J connectivity index is 1.98. The number of ether oxygens (including phenoxy) is 1. The van der Waals surface area contributed by atoms with Crippen molar-refractivity contribution in [3.05, 3.63) is 58.1 Å². The highest BCUT2D eigenvalue weighted by Crippen LogP contribution is 2.23. The van der Waals surface area contributed by atoms with E-state index in [9.17, 15) is 4.79 Å². The van der Waals surface area contributed by atoms with Crippen molar-refractivity contribution in [2.75, 3.05) is 18.6 Å². The number of hydrogen-bond donors (Lipinski definition) is 0. The Bertz CT molecular complexity index is 653. The van der Waals surface area contributed by atoms with Gasteiger partial charge in [-0.05, 0) is 54.8 Å². The Kier molecular flexibility index (Phi) is 5.61. The Morgan fingerprint density at radius 2 is 1.86 bits per heavy atom. The van der Waals surface area contributed by atoms with E-state index in [1.165, 1.54) is 5.56 Å². The van der Waals surface area contributed by atoms with Crippen LogP contribution in [0.2, 0.25) is 0 Å². The predicted octanol–water partition coefficient (Wildman–Crippen LogP) is 4.36. The molecule has 0 bridgehead atoms. The largest absolute Gasteiger partial charge is 0.484 e. The molecule has 0 aliphatic heterocycles. The zero-order valence-electron chi connectivity index (χ0n) is 13.1. The third-order valence-electron chi connectivity index (χ3n) is 3.59. The molecule has 0 aliphatic rings. The maximum absolute atomic E-state index is 12.3. The number of benzene rings is 2. The molecule has 1 amide bonds. The zero-order valence-corrected chi connectivity index (χ0v) is 14.7. The van der Waals surface area contributed by atoms with Crippen LogP contribution in [0.5, 0.6) is 5.75 Å². The van der Waals surface area contributed by atoms with Crippen LogP contribution in [0, 0.1) is 6.92 Å². The molecule has 0 aromatic heterocycles. The molecule has 0 saturated heterocycles. The van der Waals surface area contributed by atoms with Gasteiger partial charge in [-0.15, -0.1) is 0 Å². The van der Waals surface area contributed by atoms with E-state index in [0.29, 0.717) is 5.75 Å². The summed E-state index contributed by atoms with van der Waals surface area (Å²) in [5.41, 5.74) is 3.18. The maximum atomic E-state index is 12.3. The summed E-state index contributed by atoms with van der Waals surface area (Å²) in [6.07, 6.45) is 0.991. The second-order valence-corrected chi connectivity index (χ2v) is 6.09. The van der Waals surface area contributed by atoms with Gasteiger partial charge >= 0.3 is 0 Å². The molecule has 0 saturated carbocycles. The van der Waals surface area contributed by atoms with Crippen LogP contribution in [0.15, 0.2) is 46.9 Å². The lowest BCUT2D eigenvalue weighted by Crippen LogP contribution is -2.31. The lowest BCUT2D eigenvalue weighted by atomic mass is 10.2. The summed E-state index contributed by atoms with van der Waals surface area (Å²) in [4.78, 5) is 13.9. The average Bonchev–Trinajstić information content (AvgIpc) is 2.52. The minimum absolute atomic E-state index is 0.0253. The third-order valence-corrected chi connectivity index (χ3v) is 4.08. The van der Waals surface area contributed by atoms with Crippen molar-refractivity contribution in [1.82, 2.24) is 0 Å². The van der Waals surface area contributed by atoms with Crippen molar-refractivity contribution in [1.29, 1.82) is 0 Å². The number of halogens is 1. The normalized spacial score (nSPS) is 10.4. The number of rotatable bonds is 5. The van der Waals surface area contributed by atoms with E-state index in [1.54, 1.807) is 11.9 Å². The molecule has 0 fully saturated rings. The quantitative estimate of drug-likeness (QED) is 0.791. The first-order valence-corrected chi connectivity index (χ1v) is 8.05. The highest BCUT2D eigenvalue weighted by atomic mass is 79.9. The number of carbonyl (C=O) groups excluding carboxylic acids is 1. The molecule has 0 aliphatic carbocycles. The van der Waals surface area contributed by atoms with Gasteiger partial charge in [0, 0.05) is 17.2 Å². The maximum Gasteiger partial charge on any atom is 0.264 e. The van der Waals surface area contributed by atoms with E-state index in [4.69, 9.17) is 4.74 Å². The van der Waals surface area contributed by atoms with Crippen molar-refractivity contribution in [2.24, 2.45) is 0 Å². The van der Waals surface area contributed by atoms with Crippen LogP contribution in [-0.2, 0) is 11.2 Å². The Morgan fingerprint density at radius 1 is 1.18 bits per heavy atom. The van der Waals surface area contributed by atoms with Crippen LogP contribution in [0.25, 0.3) is 0 Å². The molecule has 0 N–H and O–H groups in total. The summed E-state index contributed by atoms with van der Waals surface area (Å²) >= 11 is 3.43. The number of hydrogen-bond acceptors (Lipinski definition) is 2. The van der Waals surface area contributed by atoms with Crippen LogP contribution in [0.3, 0.4) is 0 Å². The second kappa shape index (κ2) is 7.45. The van der Waals surface area contributed by atoms with E-state index in [2.05, 4.69) is 22.9 Å². The van der Waals surface area contributed by atoms with E-state index < -0.39 is 0 Å².